The number of aryl methyl sites for hydroxylation is 2. The molecule has 23 heavy (non-hydrogen) atoms. The molecule has 3 rings (SSSR count). The fourth-order valence-electron chi connectivity index (χ4n) is 2.73. The van der Waals surface area contributed by atoms with E-state index < -0.39 is 0 Å². The first kappa shape index (κ1) is 15.0. The molecule has 0 unspecified atom stereocenters. The molecule has 6 heteroatoms. The molecular weight excluding hydrogens is 288 g/mol. The average Bonchev–Trinajstić information content (AvgIpc) is 2.88. The van der Waals surface area contributed by atoms with Crippen molar-refractivity contribution in [3.8, 4) is 6.07 Å². The van der Waals surface area contributed by atoms with E-state index in [1.807, 2.05) is 18.2 Å². The SMILES string of the molecule is CCCn1c(=Nc2cc(C#N)ncn2)n(CC)c2ccccc21. The number of nitriles is 1. The van der Waals surface area contributed by atoms with Crippen LogP contribution in [-0.4, -0.2) is 19.1 Å². The van der Waals surface area contributed by atoms with E-state index in [1.165, 1.54) is 6.33 Å². The molecule has 0 radical (unpaired) electrons. The third-order valence-electron chi connectivity index (χ3n) is 3.69. The molecular formula is C17H18N6. The van der Waals surface area contributed by atoms with Crippen molar-refractivity contribution >= 4 is 16.9 Å². The van der Waals surface area contributed by atoms with Crippen molar-refractivity contribution in [1.29, 1.82) is 5.26 Å². The van der Waals surface area contributed by atoms with Crippen molar-refractivity contribution < 1.29 is 0 Å². The van der Waals surface area contributed by atoms with Crippen LogP contribution >= 0.6 is 0 Å². The minimum Gasteiger partial charge on any atom is -0.310 e. The van der Waals surface area contributed by atoms with Gasteiger partial charge in [-0.3, -0.25) is 0 Å². The van der Waals surface area contributed by atoms with Crippen LogP contribution in [0.1, 0.15) is 26.0 Å². The Morgan fingerprint density at radius 2 is 1.87 bits per heavy atom. The van der Waals surface area contributed by atoms with Crippen molar-refractivity contribution in [2.75, 3.05) is 0 Å². The van der Waals surface area contributed by atoms with Crippen LogP contribution in [-0.2, 0) is 13.1 Å². The summed E-state index contributed by atoms with van der Waals surface area (Å²) >= 11 is 0. The van der Waals surface area contributed by atoms with Crippen LogP contribution in [0.5, 0.6) is 0 Å². The van der Waals surface area contributed by atoms with Gasteiger partial charge >= 0.3 is 0 Å². The molecule has 2 aromatic heterocycles. The van der Waals surface area contributed by atoms with Gasteiger partial charge in [0.15, 0.2) is 5.82 Å². The maximum absolute atomic E-state index is 8.99. The highest BCUT2D eigenvalue weighted by Gasteiger charge is 2.10. The second-order valence-corrected chi connectivity index (χ2v) is 5.17. The van der Waals surface area contributed by atoms with Crippen LogP contribution in [0.25, 0.3) is 11.0 Å². The number of para-hydroxylation sites is 2. The minimum absolute atomic E-state index is 0.319. The van der Waals surface area contributed by atoms with Gasteiger partial charge in [0.2, 0.25) is 5.62 Å². The molecule has 6 nitrogen and oxygen atoms in total. The Morgan fingerprint density at radius 3 is 2.52 bits per heavy atom. The van der Waals surface area contributed by atoms with E-state index in [0.717, 1.165) is 36.2 Å². The van der Waals surface area contributed by atoms with E-state index in [4.69, 9.17) is 10.3 Å². The molecule has 3 aromatic rings. The summed E-state index contributed by atoms with van der Waals surface area (Å²) in [7, 11) is 0. The summed E-state index contributed by atoms with van der Waals surface area (Å²) in [5.74, 6) is 0.499. The number of rotatable bonds is 4. The average molecular weight is 306 g/mol. The summed E-state index contributed by atoms with van der Waals surface area (Å²) < 4.78 is 4.37. The minimum atomic E-state index is 0.319. The van der Waals surface area contributed by atoms with Crippen molar-refractivity contribution in [2.45, 2.75) is 33.4 Å². The lowest BCUT2D eigenvalue weighted by molar-refractivity contribution is 0.615. The second kappa shape index (κ2) is 6.44. The van der Waals surface area contributed by atoms with Crippen LogP contribution in [0.4, 0.5) is 5.82 Å². The van der Waals surface area contributed by atoms with Crippen LogP contribution in [0, 0.1) is 11.3 Å². The van der Waals surface area contributed by atoms with E-state index in [-0.39, 0.29) is 0 Å². The molecule has 0 saturated carbocycles. The Balaban J connectivity index is 2.32. The van der Waals surface area contributed by atoms with Gasteiger partial charge in [-0.1, -0.05) is 19.1 Å². The summed E-state index contributed by atoms with van der Waals surface area (Å²) in [5, 5.41) is 8.99. The molecule has 0 N–H and O–H groups in total. The van der Waals surface area contributed by atoms with Crippen molar-refractivity contribution in [3.63, 3.8) is 0 Å². The number of aromatic nitrogens is 4. The Hall–Kier alpha value is -2.94. The van der Waals surface area contributed by atoms with E-state index in [0.29, 0.717) is 11.5 Å². The molecule has 0 atom stereocenters. The molecule has 0 aliphatic rings. The lowest BCUT2D eigenvalue weighted by Gasteiger charge is -2.03. The number of benzene rings is 1. The van der Waals surface area contributed by atoms with Crippen LogP contribution in [0.3, 0.4) is 0 Å². The first-order valence-electron chi connectivity index (χ1n) is 7.73. The Kier molecular flexibility index (Phi) is 4.20. The topological polar surface area (TPSA) is 71.8 Å². The van der Waals surface area contributed by atoms with E-state index in [2.05, 4.69) is 45.1 Å². The van der Waals surface area contributed by atoms with E-state index in [9.17, 15) is 0 Å². The number of nitrogens with zero attached hydrogens (tertiary/aromatic N) is 6. The molecule has 0 bridgehead atoms. The molecule has 0 aliphatic carbocycles. The highest BCUT2D eigenvalue weighted by atomic mass is 15.2. The fraction of sp³-hybridized carbons (Fsp3) is 0.294. The maximum Gasteiger partial charge on any atom is 0.212 e. The summed E-state index contributed by atoms with van der Waals surface area (Å²) in [6, 6.07) is 11.9. The van der Waals surface area contributed by atoms with Gasteiger partial charge in [-0.15, -0.1) is 0 Å². The predicted octanol–water partition coefficient (Wildman–Crippen LogP) is 2.77. The molecule has 0 spiro atoms. The monoisotopic (exact) mass is 306 g/mol. The van der Waals surface area contributed by atoms with Crippen molar-refractivity contribution in [3.05, 3.63) is 48.0 Å². The quantitative estimate of drug-likeness (QED) is 0.744. The number of hydrogen-bond donors (Lipinski definition) is 0. The van der Waals surface area contributed by atoms with Crippen LogP contribution in [0.15, 0.2) is 41.7 Å². The Bertz CT molecular complexity index is 942. The third-order valence-corrected chi connectivity index (χ3v) is 3.69. The zero-order valence-electron chi connectivity index (χ0n) is 13.3. The normalized spacial score (nSPS) is 11.8. The summed E-state index contributed by atoms with van der Waals surface area (Å²) in [6.07, 6.45) is 2.39. The lowest BCUT2D eigenvalue weighted by Crippen LogP contribution is -2.25. The van der Waals surface area contributed by atoms with E-state index in [1.54, 1.807) is 6.07 Å². The third kappa shape index (κ3) is 2.73. The second-order valence-electron chi connectivity index (χ2n) is 5.17. The molecule has 0 aliphatic heterocycles. The van der Waals surface area contributed by atoms with E-state index >= 15 is 0 Å². The maximum atomic E-state index is 8.99. The van der Waals surface area contributed by atoms with Gasteiger partial charge in [0.25, 0.3) is 0 Å². The van der Waals surface area contributed by atoms with Gasteiger partial charge in [0.05, 0.1) is 11.0 Å². The fourth-order valence-corrected chi connectivity index (χ4v) is 2.73. The highest BCUT2D eigenvalue weighted by molar-refractivity contribution is 5.76. The zero-order chi connectivity index (χ0) is 16.2. The Morgan fingerprint density at radius 1 is 1.13 bits per heavy atom. The summed E-state index contributed by atoms with van der Waals surface area (Å²) in [5.41, 5.74) is 3.47. The number of imidazole rings is 1. The smallest absolute Gasteiger partial charge is 0.212 e. The molecule has 116 valence electrons. The molecule has 0 amide bonds. The summed E-state index contributed by atoms with van der Waals surface area (Å²) in [4.78, 5) is 12.8. The van der Waals surface area contributed by atoms with Crippen molar-refractivity contribution in [2.24, 2.45) is 4.99 Å². The first-order chi connectivity index (χ1) is 11.3. The first-order valence-corrected chi connectivity index (χ1v) is 7.73. The standard InChI is InChI=1S/C17H18N6/c1-3-9-23-15-8-6-5-7-14(15)22(4-2)17(23)21-16-10-13(11-18)19-12-20-16/h5-8,10,12H,3-4,9H2,1-2H3. The van der Waals surface area contributed by atoms with Crippen LogP contribution in [0.2, 0.25) is 0 Å². The largest absolute Gasteiger partial charge is 0.310 e. The van der Waals surface area contributed by atoms with Crippen LogP contribution < -0.4 is 5.62 Å². The Labute approximate surface area is 134 Å². The number of fused-ring (bicyclic) bond motifs is 1. The molecule has 0 fully saturated rings. The van der Waals surface area contributed by atoms with Gasteiger partial charge in [0.1, 0.15) is 18.1 Å². The lowest BCUT2D eigenvalue weighted by atomic mass is 10.3. The predicted molar refractivity (Wildman–Crippen MR) is 87.9 cm³/mol. The summed E-state index contributed by atoms with van der Waals surface area (Å²) in [6.45, 7) is 5.94. The molecule has 1 aromatic carbocycles. The molecule has 0 saturated heterocycles. The van der Waals surface area contributed by atoms with Crippen molar-refractivity contribution in [1.82, 2.24) is 19.1 Å². The van der Waals surface area contributed by atoms with Gasteiger partial charge in [-0.25, -0.2) is 9.97 Å². The van der Waals surface area contributed by atoms with Gasteiger partial charge in [-0.05, 0) is 25.5 Å². The van der Waals surface area contributed by atoms with Gasteiger partial charge in [0, 0.05) is 19.2 Å². The van der Waals surface area contributed by atoms with Gasteiger partial charge in [-0.2, -0.15) is 10.3 Å². The number of hydrogen-bond acceptors (Lipinski definition) is 4. The highest BCUT2D eigenvalue weighted by Crippen LogP contribution is 2.14. The molecule has 2 heterocycles. The van der Waals surface area contributed by atoms with Gasteiger partial charge < -0.3 is 9.13 Å². The zero-order valence-corrected chi connectivity index (χ0v) is 13.3.